The number of anilines is 1. The molecule has 1 aliphatic rings. The minimum absolute atomic E-state index is 0.108. The molecule has 4 heteroatoms. The highest BCUT2D eigenvalue weighted by molar-refractivity contribution is 9.10. The van der Waals surface area contributed by atoms with Crippen LogP contribution in [0.25, 0.3) is 0 Å². The van der Waals surface area contributed by atoms with Crippen LogP contribution >= 0.6 is 15.9 Å². The van der Waals surface area contributed by atoms with Crippen LogP contribution in [0.15, 0.2) is 22.7 Å². The van der Waals surface area contributed by atoms with Crippen LogP contribution in [0.4, 0.5) is 5.69 Å². The molecule has 0 aromatic heterocycles. The first-order valence-corrected chi connectivity index (χ1v) is 6.87. The van der Waals surface area contributed by atoms with Gasteiger partial charge in [-0.3, -0.25) is 4.79 Å². The summed E-state index contributed by atoms with van der Waals surface area (Å²) < 4.78 is 1.08. The van der Waals surface area contributed by atoms with E-state index in [-0.39, 0.29) is 11.5 Å². The molecule has 1 aliphatic heterocycles. The largest absolute Gasteiger partial charge is 0.481 e. The van der Waals surface area contributed by atoms with Crippen molar-refractivity contribution in [3.05, 3.63) is 28.2 Å². The lowest BCUT2D eigenvalue weighted by molar-refractivity contribution is -0.141. The van der Waals surface area contributed by atoms with E-state index in [4.69, 9.17) is 0 Å². The quantitative estimate of drug-likeness (QED) is 0.909. The van der Waals surface area contributed by atoms with Crippen LogP contribution in [-0.4, -0.2) is 23.2 Å². The number of carboxylic acid groups (broad SMARTS) is 1. The predicted molar refractivity (Wildman–Crippen MR) is 76.0 cm³/mol. The minimum atomic E-state index is -0.695. The van der Waals surface area contributed by atoms with E-state index in [1.165, 1.54) is 5.56 Å². The first kappa shape index (κ1) is 13.4. The van der Waals surface area contributed by atoms with Crippen LogP contribution in [0.1, 0.15) is 25.8 Å². The molecule has 1 atom stereocenters. The van der Waals surface area contributed by atoms with Gasteiger partial charge in [0, 0.05) is 22.2 Å². The molecule has 1 saturated heterocycles. The van der Waals surface area contributed by atoms with Gasteiger partial charge < -0.3 is 10.0 Å². The molecule has 3 nitrogen and oxygen atoms in total. The Morgan fingerprint density at radius 2 is 2.17 bits per heavy atom. The SMILES string of the molecule is Cc1cc(N2CC(C(=O)O)CC2(C)C)ccc1Br. The van der Waals surface area contributed by atoms with Crippen molar-refractivity contribution >= 4 is 27.6 Å². The number of aryl methyl sites for hydroxylation is 1. The number of carboxylic acids is 1. The van der Waals surface area contributed by atoms with Crippen molar-refractivity contribution < 1.29 is 9.90 Å². The van der Waals surface area contributed by atoms with Gasteiger partial charge in [-0.05, 0) is 51.0 Å². The Morgan fingerprint density at radius 1 is 1.50 bits per heavy atom. The second-order valence-electron chi connectivity index (χ2n) is 5.60. The van der Waals surface area contributed by atoms with Crippen molar-refractivity contribution in [3.8, 4) is 0 Å². The summed E-state index contributed by atoms with van der Waals surface area (Å²) in [6.45, 7) is 6.84. The van der Waals surface area contributed by atoms with E-state index in [9.17, 15) is 9.90 Å². The Kier molecular flexibility index (Phi) is 3.41. The third kappa shape index (κ3) is 2.39. The molecule has 0 radical (unpaired) electrons. The average molecular weight is 312 g/mol. The van der Waals surface area contributed by atoms with Gasteiger partial charge in [-0.2, -0.15) is 0 Å². The Hall–Kier alpha value is -1.03. The Labute approximate surface area is 116 Å². The maximum Gasteiger partial charge on any atom is 0.308 e. The van der Waals surface area contributed by atoms with Gasteiger partial charge in [-0.15, -0.1) is 0 Å². The Morgan fingerprint density at radius 3 is 2.67 bits per heavy atom. The molecular weight excluding hydrogens is 294 g/mol. The number of benzene rings is 1. The average Bonchev–Trinajstić information content (AvgIpc) is 2.59. The van der Waals surface area contributed by atoms with Crippen molar-refractivity contribution in [2.75, 3.05) is 11.4 Å². The van der Waals surface area contributed by atoms with Gasteiger partial charge in [0.15, 0.2) is 0 Å². The first-order chi connectivity index (χ1) is 8.31. The summed E-state index contributed by atoms with van der Waals surface area (Å²) in [5.74, 6) is -0.969. The Balaban J connectivity index is 2.32. The lowest BCUT2D eigenvalue weighted by atomic mass is 9.96. The number of carbonyl (C=O) groups is 1. The number of hydrogen-bond acceptors (Lipinski definition) is 2. The van der Waals surface area contributed by atoms with Gasteiger partial charge >= 0.3 is 5.97 Å². The van der Waals surface area contributed by atoms with E-state index >= 15 is 0 Å². The number of rotatable bonds is 2. The Bertz CT molecular complexity index is 485. The van der Waals surface area contributed by atoms with E-state index in [1.54, 1.807) is 0 Å². The molecule has 1 N–H and O–H groups in total. The smallest absolute Gasteiger partial charge is 0.308 e. The molecule has 1 aromatic rings. The van der Waals surface area contributed by atoms with Gasteiger partial charge in [0.2, 0.25) is 0 Å². The molecule has 2 rings (SSSR count). The summed E-state index contributed by atoms with van der Waals surface area (Å²) in [6.07, 6.45) is 0.692. The maximum atomic E-state index is 11.2. The molecule has 1 heterocycles. The molecular formula is C14H18BrNO2. The summed E-state index contributed by atoms with van der Waals surface area (Å²) in [4.78, 5) is 13.4. The lowest BCUT2D eigenvalue weighted by Crippen LogP contribution is -2.38. The van der Waals surface area contributed by atoms with Crippen molar-refractivity contribution in [2.24, 2.45) is 5.92 Å². The van der Waals surface area contributed by atoms with Crippen LogP contribution < -0.4 is 4.90 Å². The van der Waals surface area contributed by atoms with Crippen LogP contribution in [0.5, 0.6) is 0 Å². The fourth-order valence-corrected chi connectivity index (χ4v) is 2.91. The van der Waals surface area contributed by atoms with Crippen LogP contribution in [0.2, 0.25) is 0 Å². The zero-order chi connectivity index (χ0) is 13.5. The van der Waals surface area contributed by atoms with Gasteiger partial charge in [-0.1, -0.05) is 15.9 Å². The second-order valence-corrected chi connectivity index (χ2v) is 6.45. The predicted octanol–water partition coefficient (Wildman–Crippen LogP) is 3.45. The zero-order valence-corrected chi connectivity index (χ0v) is 12.5. The van der Waals surface area contributed by atoms with Gasteiger partial charge in [-0.25, -0.2) is 0 Å². The maximum absolute atomic E-state index is 11.2. The number of nitrogens with zero attached hydrogens (tertiary/aromatic N) is 1. The fraction of sp³-hybridized carbons (Fsp3) is 0.500. The van der Waals surface area contributed by atoms with Crippen LogP contribution in [-0.2, 0) is 4.79 Å². The highest BCUT2D eigenvalue weighted by Crippen LogP contribution is 2.37. The topological polar surface area (TPSA) is 40.5 Å². The van der Waals surface area contributed by atoms with Crippen molar-refractivity contribution in [1.29, 1.82) is 0 Å². The number of hydrogen-bond donors (Lipinski definition) is 1. The minimum Gasteiger partial charge on any atom is -0.481 e. The van der Waals surface area contributed by atoms with Crippen molar-refractivity contribution in [2.45, 2.75) is 32.7 Å². The third-order valence-corrected chi connectivity index (χ3v) is 4.57. The van der Waals surface area contributed by atoms with E-state index < -0.39 is 5.97 Å². The van der Waals surface area contributed by atoms with Crippen molar-refractivity contribution in [1.82, 2.24) is 0 Å². The highest BCUT2D eigenvalue weighted by Gasteiger charge is 2.41. The lowest BCUT2D eigenvalue weighted by Gasteiger charge is -2.33. The highest BCUT2D eigenvalue weighted by atomic mass is 79.9. The van der Waals surface area contributed by atoms with E-state index in [0.717, 1.165) is 10.2 Å². The molecule has 0 bridgehead atoms. The molecule has 0 saturated carbocycles. The molecule has 1 unspecified atom stereocenters. The molecule has 18 heavy (non-hydrogen) atoms. The number of halogens is 1. The monoisotopic (exact) mass is 311 g/mol. The van der Waals surface area contributed by atoms with Crippen molar-refractivity contribution in [3.63, 3.8) is 0 Å². The molecule has 1 aromatic carbocycles. The van der Waals surface area contributed by atoms with E-state index in [1.807, 2.05) is 19.1 Å². The first-order valence-electron chi connectivity index (χ1n) is 6.08. The third-order valence-electron chi connectivity index (χ3n) is 3.68. The molecule has 0 amide bonds. The van der Waals surface area contributed by atoms with Gasteiger partial charge in [0.05, 0.1) is 5.92 Å². The van der Waals surface area contributed by atoms with Crippen LogP contribution in [0, 0.1) is 12.8 Å². The summed E-state index contributed by atoms with van der Waals surface area (Å²) in [7, 11) is 0. The van der Waals surface area contributed by atoms with Gasteiger partial charge in [0.1, 0.15) is 0 Å². The summed E-state index contributed by atoms with van der Waals surface area (Å²) >= 11 is 3.49. The molecule has 0 aliphatic carbocycles. The summed E-state index contributed by atoms with van der Waals surface area (Å²) in [5.41, 5.74) is 2.16. The van der Waals surface area contributed by atoms with E-state index in [2.05, 4.69) is 40.7 Å². The number of aliphatic carboxylic acids is 1. The standard InChI is InChI=1S/C14H18BrNO2/c1-9-6-11(4-5-12(9)15)16-8-10(13(17)18)7-14(16,2)3/h4-6,10H,7-8H2,1-3H3,(H,17,18). The van der Waals surface area contributed by atoms with Gasteiger partial charge in [0.25, 0.3) is 0 Å². The van der Waals surface area contributed by atoms with E-state index in [0.29, 0.717) is 13.0 Å². The van der Waals surface area contributed by atoms with Crippen LogP contribution in [0.3, 0.4) is 0 Å². The molecule has 0 spiro atoms. The second kappa shape index (κ2) is 4.57. The normalized spacial score (nSPS) is 22.2. The summed E-state index contributed by atoms with van der Waals surface area (Å²) in [5, 5.41) is 9.17. The summed E-state index contributed by atoms with van der Waals surface area (Å²) in [6, 6.07) is 6.17. The molecule has 1 fully saturated rings. The zero-order valence-electron chi connectivity index (χ0n) is 10.9. The fourth-order valence-electron chi connectivity index (χ4n) is 2.66. The molecule has 98 valence electrons.